The summed E-state index contributed by atoms with van der Waals surface area (Å²) < 4.78 is 1.43. The molecule has 5 heteroatoms. The van der Waals surface area contributed by atoms with E-state index in [1.54, 1.807) is 0 Å². The third-order valence-corrected chi connectivity index (χ3v) is 1.78. The van der Waals surface area contributed by atoms with Gasteiger partial charge in [0, 0.05) is 12.2 Å². The molecule has 0 bridgehead atoms. The Morgan fingerprint density at radius 3 is 2.75 bits per heavy atom. The third-order valence-electron chi connectivity index (χ3n) is 1.49. The number of hydrogen-bond acceptors (Lipinski definition) is 3. The van der Waals surface area contributed by atoms with Crippen LogP contribution >= 0.6 is 11.6 Å². The maximum Gasteiger partial charge on any atom is 0.349 e. The molecule has 66 valence electrons. The average Bonchev–Trinajstić information content (AvgIpc) is 1.96. The molecule has 0 radical (unpaired) electrons. The molecule has 1 aromatic heterocycles. The van der Waals surface area contributed by atoms with E-state index >= 15 is 0 Å². The van der Waals surface area contributed by atoms with Gasteiger partial charge in [-0.15, -0.1) is 0 Å². The van der Waals surface area contributed by atoms with Gasteiger partial charge in [-0.2, -0.15) is 4.98 Å². The highest BCUT2D eigenvalue weighted by Gasteiger charge is 2.05. The second kappa shape index (κ2) is 3.15. The average molecular weight is 188 g/mol. The lowest BCUT2D eigenvalue weighted by Crippen LogP contribution is -2.25. The van der Waals surface area contributed by atoms with Gasteiger partial charge in [0.1, 0.15) is 5.82 Å². The van der Waals surface area contributed by atoms with Crippen molar-refractivity contribution >= 4 is 17.4 Å². The quantitative estimate of drug-likeness (QED) is 0.715. The first kappa shape index (κ1) is 9.06. The van der Waals surface area contributed by atoms with Crippen LogP contribution in [-0.2, 0) is 0 Å². The van der Waals surface area contributed by atoms with Crippen molar-refractivity contribution < 1.29 is 0 Å². The fraction of sp³-hybridized carbons (Fsp3) is 0.429. The molecule has 0 aromatic carbocycles. The molecule has 0 unspecified atom stereocenters. The van der Waals surface area contributed by atoms with E-state index in [2.05, 4.69) is 4.98 Å². The van der Waals surface area contributed by atoms with E-state index in [0.29, 0.717) is 5.02 Å². The van der Waals surface area contributed by atoms with Gasteiger partial charge in [-0.05, 0) is 13.8 Å². The molecular weight excluding hydrogens is 178 g/mol. The zero-order chi connectivity index (χ0) is 9.30. The summed E-state index contributed by atoms with van der Waals surface area (Å²) in [5.74, 6) is 0.0820. The van der Waals surface area contributed by atoms with Crippen LogP contribution in [0.25, 0.3) is 0 Å². The van der Waals surface area contributed by atoms with E-state index in [1.807, 2.05) is 13.8 Å². The summed E-state index contributed by atoms with van der Waals surface area (Å²) in [6, 6.07) is 0.0445. The van der Waals surface area contributed by atoms with Crippen LogP contribution in [0.1, 0.15) is 19.9 Å². The predicted molar refractivity (Wildman–Crippen MR) is 48.3 cm³/mol. The van der Waals surface area contributed by atoms with Gasteiger partial charge in [0.2, 0.25) is 0 Å². The lowest BCUT2D eigenvalue weighted by atomic mass is 10.4. The Labute approximate surface area is 75.0 Å². The number of anilines is 1. The molecule has 1 heterocycles. The number of nitrogens with two attached hydrogens (primary N) is 1. The van der Waals surface area contributed by atoms with Crippen LogP contribution in [0.15, 0.2) is 11.0 Å². The summed E-state index contributed by atoms with van der Waals surface area (Å²) in [6.45, 7) is 3.74. The number of nitrogen functional groups attached to an aromatic ring is 1. The zero-order valence-electron chi connectivity index (χ0n) is 6.91. The van der Waals surface area contributed by atoms with Crippen molar-refractivity contribution in [1.82, 2.24) is 9.55 Å². The van der Waals surface area contributed by atoms with Crippen molar-refractivity contribution in [3.05, 3.63) is 21.7 Å². The van der Waals surface area contributed by atoms with Gasteiger partial charge in [0.15, 0.2) is 0 Å². The van der Waals surface area contributed by atoms with E-state index in [4.69, 9.17) is 17.3 Å². The third kappa shape index (κ3) is 1.58. The summed E-state index contributed by atoms with van der Waals surface area (Å²) in [4.78, 5) is 14.7. The minimum atomic E-state index is -0.369. The predicted octanol–water partition coefficient (Wildman–Crippen LogP) is 1.06. The first-order valence-corrected chi connectivity index (χ1v) is 3.94. The summed E-state index contributed by atoms with van der Waals surface area (Å²) in [5, 5.41) is 0.309. The molecule has 0 atom stereocenters. The zero-order valence-corrected chi connectivity index (χ0v) is 7.67. The smallest absolute Gasteiger partial charge is 0.349 e. The summed E-state index contributed by atoms with van der Waals surface area (Å²) in [6.07, 6.45) is 1.50. The van der Waals surface area contributed by atoms with Crippen LogP contribution < -0.4 is 11.4 Å². The Morgan fingerprint density at radius 1 is 1.67 bits per heavy atom. The van der Waals surface area contributed by atoms with E-state index < -0.39 is 0 Å². The standard InChI is InChI=1S/C7H10ClN3O/c1-4(2)11-3-5(8)6(9)10-7(11)12/h3-4H,1-2H3,(H2,9,10,12). The van der Waals surface area contributed by atoms with Crippen LogP contribution in [0, 0.1) is 0 Å². The molecule has 0 aliphatic carbocycles. The maximum atomic E-state index is 11.1. The summed E-state index contributed by atoms with van der Waals surface area (Å²) in [5.41, 5.74) is 4.96. The molecule has 12 heavy (non-hydrogen) atoms. The first-order valence-electron chi connectivity index (χ1n) is 3.56. The van der Waals surface area contributed by atoms with Gasteiger partial charge in [0.25, 0.3) is 0 Å². The Hall–Kier alpha value is -1.03. The highest BCUT2D eigenvalue weighted by atomic mass is 35.5. The topological polar surface area (TPSA) is 60.9 Å². The van der Waals surface area contributed by atoms with E-state index in [1.165, 1.54) is 10.8 Å². The Bertz CT molecular complexity index is 345. The van der Waals surface area contributed by atoms with Crippen LogP contribution in [0.5, 0.6) is 0 Å². The van der Waals surface area contributed by atoms with Gasteiger partial charge in [-0.25, -0.2) is 4.79 Å². The van der Waals surface area contributed by atoms with Crippen molar-refractivity contribution in [2.45, 2.75) is 19.9 Å². The number of nitrogens with zero attached hydrogens (tertiary/aromatic N) is 2. The molecule has 0 saturated carbocycles. The Balaban J connectivity index is 3.33. The maximum absolute atomic E-state index is 11.1. The highest BCUT2D eigenvalue weighted by molar-refractivity contribution is 6.32. The highest BCUT2D eigenvalue weighted by Crippen LogP contribution is 2.13. The van der Waals surface area contributed by atoms with Crippen molar-refractivity contribution in [3.8, 4) is 0 Å². The SMILES string of the molecule is CC(C)n1cc(Cl)c(N)nc1=O. The lowest BCUT2D eigenvalue weighted by molar-refractivity contribution is 0.565. The normalized spacial score (nSPS) is 10.7. The number of halogens is 1. The fourth-order valence-electron chi connectivity index (χ4n) is 0.828. The van der Waals surface area contributed by atoms with Crippen molar-refractivity contribution in [2.24, 2.45) is 0 Å². The van der Waals surface area contributed by atoms with Crippen molar-refractivity contribution in [1.29, 1.82) is 0 Å². The van der Waals surface area contributed by atoms with Gasteiger partial charge in [0.05, 0.1) is 5.02 Å². The summed E-state index contributed by atoms with van der Waals surface area (Å²) >= 11 is 5.68. The van der Waals surface area contributed by atoms with E-state index in [0.717, 1.165) is 0 Å². The number of rotatable bonds is 1. The number of aromatic nitrogens is 2. The first-order chi connectivity index (χ1) is 5.52. The van der Waals surface area contributed by atoms with Crippen LogP contribution in [0.4, 0.5) is 5.82 Å². The fourth-order valence-corrected chi connectivity index (χ4v) is 0.975. The molecular formula is C7H10ClN3O. The molecule has 0 saturated heterocycles. The van der Waals surface area contributed by atoms with Gasteiger partial charge >= 0.3 is 5.69 Å². The molecule has 1 aromatic rings. The molecule has 0 aliphatic rings. The van der Waals surface area contributed by atoms with Crippen molar-refractivity contribution in [3.63, 3.8) is 0 Å². The molecule has 0 amide bonds. The summed E-state index contributed by atoms with van der Waals surface area (Å²) in [7, 11) is 0. The van der Waals surface area contributed by atoms with Gasteiger partial charge in [-0.1, -0.05) is 11.6 Å². The second-order valence-electron chi connectivity index (χ2n) is 2.76. The molecule has 0 fully saturated rings. The van der Waals surface area contributed by atoms with Crippen LogP contribution in [0.3, 0.4) is 0 Å². The monoisotopic (exact) mass is 187 g/mol. The molecule has 0 aliphatic heterocycles. The van der Waals surface area contributed by atoms with Crippen LogP contribution in [0.2, 0.25) is 5.02 Å². The Kier molecular flexibility index (Phi) is 2.38. The lowest BCUT2D eigenvalue weighted by Gasteiger charge is -2.08. The van der Waals surface area contributed by atoms with E-state index in [-0.39, 0.29) is 17.5 Å². The minimum Gasteiger partial charge on any atom is -0.382 e. The van der Waals surface area contributed by atoms with E-state index in [9.17, 15) is 4.79 Å². The minimum absolute atomic E-state index is 0.0445. The molecule has 2 N–H and O–H groups in total. The van der Waals surface area contributed by atoms with Crippen LogP contribution in [-0.4, -0.2) is 9.55 Å². The molecule has 4 nitrogen and oxygen atoms in total. The number of hydrogen-bond donors (Lipinski definition) is 1. The second-order valence-corrected chi connectivity index (χ2v) is 3.16. The molecule has 0 spiro atoms. The van der Waals surface area contributed by atoms with Gasteiger partial charge in [-0.3, -0.25) is 4.57 Å². The van der Waals surface area contributed by atoms with Gasteiger partial charge < -0.3 is 5.73 Å². The Morgan fingerprint density at radius 2 is 2.25 bits per heavy atom. The van der Waals surface area contributed by atoms with Crippen molar-refractivity contribution in [2.75, 3.05) is 5.73 Å². The largest absolute Gasteiger partial charge is 0.382 e. The molecule has 1 rings (SSSR count).